The van der Waals surface area contributed by atoms with Crippen LogP contribution in [0.5, 0.6) is 0 Å². The lowest BCUT2D eigenvalue weighted by molar-refractivity contribution is -0.148. The van der Waals surface area contributed by atoms with E-state index in [1.54, 1.807) is 4.90 Å². The molecule has 130 valence electrons. The van der Waals surface area contributed by atoms with Gasteiger partial charge < -0.3 is 20.1 Å². The van der Waals surface area contributed by atoms with Crippen molar-refractivity contribution in [3.63, 3.8) is 0 Å². The predicted octanol–water partition coefficient (Wildman–Crippen LogP) is 1.42. The van der Waals surface area contributed by atoms with Crippen LogP contribution in [-0.4, -0.2) is 53.2 Å². The van der Waals surface area contributed by atoms with Crippen LogP contribution in [-0.2, 0) is 20.7 Å². The van der Waals surface area contributed by atoms with Crippen LogP contribution in [0.25, 0.3) is 0 Å². The zero-order valence-electron chi connectivity index (χ0n) is 13.6. The minimum absolute atomic E-state index is 0.175. The van der Waals surface area contributed by atoms with Crippen LogP contribution in [0.4, 0.5) is 4.79 Å². The fourth-order valence-corrected chi connectivity index (χ4v) is 2.70. The van der Waals surface area contributed by atoms with Crippen molar-refractivity contribution in [2.24, 2.45) is 0 Å². The largest absolute Gasteiger partial charge is 0.480 e. The van der Waals surface area contributed by atoms with Gasteiger partial charge >= 0.3 is 18.0 Å². The van der Waals surface area contributed by atoms with Gasteiger partial charge in [-0.1, -0.05) is 30.3 Å². The van der Waals surface area contributed by atoms with E-state index in [0.29, 0.717) is 25.9 Å². The van der Waals surface area contributed by atoms with Gasteiger partial charge in [-0.3, -0.25) is 4.79 Å². The van der Waals surface area contributed by atoms with Crippen LogP contribution < -0.4 is 5.32 Å². The SMILES string of the molecule is CC(=O)OC1CCN(C(=O)N[C@@H](Cc2ccccc2)C(=O)O)CC1. The summed E-state index contributed by atoms with van der Waals surface area (Å²) < 4.78 is 5.13. The van der Waals surface area contributed by atoms with E-state index >= 15 is 0 Å². The Bertz CT molecular complexity index is 582. The molecule has 7 nitrogen and oxygen atoms in total. The highest BCUT2D eigenvalue weighted by Gasteiger charge is 2.27. The highest BCUT2D eigenvalue weighted by atomic mass is 16.5. The number of ether oxygens (including phenoxy) is 1. The highest BCUT2D eigenvalue weighted by molar-refractivity contribution is 5.82. The molecular formula is C17H22N2O5. The molecular weight excluding hydrogens is 312 g/mol. The van der Waals surface area contributed by atoms with Crippen molar-refractivity contribution >= 4 is 18.0 Å². The molecule has 1 aliphatic heterocycles. The number of carboxylic acids is 1. The molecule has 0 saturated carbocycles. The number of likely N-dealkylation sites (tertiary alicyclic amines) is 1. The molecule has 0 aliphatic carbocycles. The Balaban J connectivity index is 1.87. The van der Waals surface area contributed by atoms with Gasteiger partial charge in [-0.2, -0.15) is 0 Å². The first-order valence-corrected chi connectivity index (χ1v) is 7.95. The first-order chi connectivity index (χ1) is 11.5. The summed E-state index contributed by atoms with van der Waals surface area (Å²) in [5.41, 5.74) is 0.846. The van der Waals surface area contributed by atoms with Crippen molar-refractivity contribution in [3.05, 3.63) is 35.9 Å². The monoisotopic (exact) mass is 334 g/mol. The van der Waals surface area contributed by atoms with Gasteiger partial charge in [-0.05, 0) is 5.56 Å². The molecule has 2 N–H and O–H groups in total. The minimum Gasteiger partial charge on any atom is -0.480 e. The summed E-state index contributed by atoms with van der Waals surface area (Å²) in [5.74, 6) is -1.39. The standard InChI is InChI=1S/C17H22N2O5/c1-12(20)24-14-7-9-19(10-8-14)17(23)18-15(16(21)22)11-13-5-3-2-4-6-13/h2-6,14-15H,7-11H2,1H3,(H,18,23)(H,21,22)/t15-/m0/s1. The fourth-order valence-electron chi connectivity index (χ4n) is 2.70. The van der Waals surface area contributed by atoms with Crippen molar-refractivity contribution in [3.8, 4) is 0 Å². The van der Waals surface area contributed by atoms with Gasteiger partial charge in [0.1, 0.15) is 12.1 Å². The number of rotatable bonds is 5. The van der Waals surface area contributed by atoms with Crippen molar-refractivity contribution < 1.29 is 24.2 Å². The van der Waals surface area contributed by atoms with Crippen molar-refractivity contribution in [1.29, 1.82) is 0 Å². The molecule has 1 aromatic rings. The van der Waals surface area contributed by atoms with Gasteiger partial charge in [0.05, 0.1) is 0 Å². The van der Waals surface area contributed by atoms with Crippen LogP contribution in [0.2, 0.25) is 0 Å². The average Bonchev–Trinajstić information content (AvgIpc) is 2.55. The number of nitrogens with one attached hydrogen (secondary N) is 1. The molecule has 0 bridgehead atoms. The van der Waals surface area contributed by atoms with Crippen molar-refractivity contribution in [2.75, 3.05) is 13.1 Å². The molecule has 7 heteroatoms. The normalized spacial score (nSPS) is 16.3. The number of amides is 2. The first kappa shape index (κ1) is 17.8. The molecule has 0 radical (unpaired) electrons. The predicted molar refractivity (Wildman–Crippen MR) is 86.5 cm³/mol. The lowest BCUT2D eigenvalue weighted by Gasteiger charge is -2.32. The van der Waals surface area contributed by atoms with Crippen LogP contribution >= 0.6 is 0 Å². The number of benzene rings is 1. The Labute approximate surface area is 140 Å². The molecule has 1 atom stereocenters. The number of piperidine rings is 1. The maximum absolute atomic E-state index is 12.3. The molecule has 0 aromatic heterocycles. The van der Waals surface area contributed by atoms with E-state index in [4.69, 9.17) is 4.74 Å². The molecule has 2 rings (SSSR count). The number of carboxylic acid groups (broad SMARTS) is 1. The lowest BCUT2D eigenvalue weighted by atomic mass is 10.1. The number of nitrogens with zero attached hydrogens (tertiary/aromatic N) is 1. The molecule has 1 aliphatic rings. The van der Waals surface area contributed by atoms with Crippen LogP contribution in [0.1, 0.15) is 25.3 Å². The van der Waals surface area contributed by atoms with E-state index in [1.165, 1.54) is 6.92 Å². The Morgan fingerprint density at radius 3 is 2.42 bits per heavy atom. The number of esters is 1. The smallest absolute Gasteiger partial charge is 0.326 e. The number of hydrogen-bond acceptors (Lipinski definition) is 4. The van der Waals surface area contributed by atoms with E-state index in [-0.39, 0.29) is 18.5 Å². The third-order valence-electron chi connectivity index (χ3n) is 3.94. The third kappa shape index (κ3) is 5.26. The zero-order valence-corrected chi connectivity index (χ0v) is 13.6. The summed E-state index contributed by atoms with van der Waals surface area (Å²) in [6, 6.07) is 7.78. The summed E-state index contributed by atoms with van der Waals surface area (Å²) in [7, 11) is 0. The Hall–Kier alpha value is -2.57. The van der Waals surface area contributed by atoms with Crippen molar-refractivity contribution in [2.45, 2.75) is 38.3 Å². The van der Waals surface area contributed by atoms with Crippen molar-refractivity contribution in [1.82, 2.24) is 10.2 Å². The summed E-state index contributed by atoms with van der Waals surface area (Å²) in [6.07, 6.45) is 1.17. The molecule has 0 spiro atoms. The molecule has 0 unspecified atom stereocenters. The maximum Gasteiger partial charge on any atom is 0.326 e. The van der Waals surface area contributed by atoms with Crippen LogP contribution in [0.3, 0.4) is 0 Å². The number of hydrogen-bond donors (Lipinski definition) is 2. The average molecular weight is 334 g/mol. The van der Waals surface area contributed by atoms with E-state index in [1.807, 2.05) is 30.3 Å². The summed E-state index contributed by atoms with van der Waals surface area (Å²) in [5, 5.41) is 11.9. The summed E-state index contributed by atoms with van der Waals surface area (Å²) in [4.78, 5) is 36.2. The van der Waals surface area contributed by atoms with Crippen LogP contribution in [0, 0.1) is 0 Å². The summed E-state index contributed by atoms with van der Waals surface area (Å²) >= 11 is 0. The number of aliphatic carboxylic acids is 1. The Morgan fingerprint density at radius 2 is 1.88 bits per heavy atom. The Kier molecular flexibility index (Phi) is 6.17. The second-order valence-electron chi connectivity index (χ2n) is 5.83. The molecule has 1 saturated heterocycles. The van der Waals surface area contributed by atoms with Gasteiger partial charge in [0.15, 0.2) is 0 Å². The van der Waals surface area contributed by atoms with Gasteiger partial charge in [0, 0.05) is 39.3 Å². The first-order valence-electron chi connectivity index (χ1n) is 7.95. The lowest BCUT2D eigenvalue weighted by Crippen LogP contribution is -2.51. The number of urea groups is 1. The topological polar surface area (TPSA) is 95.9 Å². The molecule has 1 heterocycles. The van der Waals surface area contributed by atoms with Gasteiger partial charge in [0.25, 0.3) is 0 Å². The van der Waals surface area contributed by atoms with Crippen LogP contribution in [0.15, 0.2) is 30.3 Å². The Morgan fingerprint density at radius 1 is 1.25 bits per heavy atom. The second kappa shape index (κ2) is 8.33. The molecule has 24 heavy (non-hydrogen) atoms. The van der Waals surface area contributed by atoms with E-state index in [2.05, 4.69) is 5.32 Å². The van der Waals surface area contributed by atoms with E-state index < -0.39 is 18.0 Å². The maximum atomic E-state index is 12.3. The quantitative estimate of drug-likeness (QED) is 0.794. The molecule has 2 amide bonds. The molecule has 1 fully saturated rings. The minimum atomic E-state index is -1.07. The van der Waals surface area contributed by atoms with E-state index in [9.17, 15) is 19.5 Å². The van der Waals surface area contributed by atoms with Gasteiger partial charge in [-0.25, -0.2) is 9.59 Å². The number of carbonyl (C=O) groups excluding carboxylic acids is 2. The third-order valence-corrected chi connectivity index (χ3v) is 3.94. The molecule has 1 aromatic carbocycles. The highest BCUT2D eigenvalue weighted by Crippen LogP contribution is 2.14. The summed E-state index contributed by atoms with van der Waals surface area (Å²) in [6.45, 7) is 2.23. The zero-order chi connectivity index (χ0) is 17.5. The fraction of sp³-hybridized carbons (Fsp3) is 0.471. The number of carbonyl (C=O) groups is 3. The van der Waals surface area contributed by atoms with Gasteiger partial charge in [-0.15, -0.1) is 0 Å². The second-order valence-corrected chi connectivity index (χ2v) is 5.83. The van der Waals surface area contributed by atoms with Gasteiger partial charge in [0.2, 0.25) is 0 Å². The van der Waals surface area contributed by atoms with E-state index in [0.717, 1.165) is 5.56 Å².